The normalized spacial score (nSPS) is 17.3. The van der Waals surface area contributed by atoms with Crippen molar-refractivity contribution >= 4 is 17.5 Å². The van der Waals surface area contributed by atoms with E-state index in [1.807, 2.05) is 6.07 Å². The number of nitrogens with zero attached hydrogens (tertiary/aromatic N) is 2. The van der Waals surface area contributed by atoms with Crippen LogP contribution in [-0.4, -0.2) is 41.7 Å². The lowest BCUT2D eigenvalue weighted by molar-refractivity contribution is 0.183. The average Bonchev–Trinajstić information content (AvgIpc) is 3.21. The van der Waals surface area contributed by atoms with E-state index in [0.717, 1.165) is 49.0 Å². The Labute approximate surface area is 191 Å². The zero-order valence-corrected chi connectivity index (χ0v) is 19.4. The van der Waals surface area contributed by atoms with Crippen LogP contribution >= 0.6 is 0 Å². The van der Waals surface area contributed by atoms with E-state index in [9.17, 15) is 5.11 Å². The second-order valence-corrected chi connectivity index (χ2v) is 9.61. The fourth-order valence-electron chi connectivity index (χ4n) is 5.07. The average molecular weight is 428 g/mol. The molecule has 3 aromatic rings. The summed E-state index contributed by atoms with van der Waals surface area (Å²) in [6.07, 6.45) is 6.90. The SMILES string of the molecule is Cc1ccccc1-c1c[nH]c2c1C=C(c1ccc(CN3CCC(C)CC3)c(O)c1)CN2C. The molecule has 1 saturated heterocycles. The fraction of sp³-hybridized carbons (Fsp3) is 0.357. The molecule has 3 heterocycles. The number of fused-ring (bicyclic) bond motifs is 1. The number of aromatic hydroxyl groups is 1. The summed E-state index contributed by atoms with van der Waals surface area (Å²) in [5, 5.41) is 10.8. The molecule has 166 valence electrons. The number of hydrogen-bond donors (Lipinski definition) is 2. The first-order chi connectivity index (χ1) is 15.5. The van der Waals surface area contributed by atoms with Crippen LogP contribution < -0.4 is 4.90 Å². The van der Waals surface area contributed by atoms with Crippen molar-refractivity contribution in [3.05, 3.63) is 70.9 Å². The lowest BCUT2D eigenvalue weighted by atomic mass is 9.93. The van der Waals surface area contributed by atoms with Gasteiger partial charge in [0.05, 0.1) is 0 Å². The van der Waals surface area contributed by atoms with Crippen molar-refractivity contribution in [2.75, 3.05) is 31.6 Å². The van der Waals surface area contributed by atoms with Crippen molar-refractivity contribution in [2.24, 2.45) is 5.92 Å². The number of likely N-dealkylation sites (tertiary alicyclic amines) is 1. The maximum Gasteiger partial charge on any atom is 0.120 e. The maximum atomic E-state index is 10.8. The summed E-state index contributed by atoms with van der Waals surface area (Å²) < 4.78 is 0. The van der Waals surface area contributed by atoms with Crippen molar-refractivity contribution in [1.82, 2.24) is 9.88 Å². The molecule has 0 radical (unpaired) electrons. The number of benzene rings is 2. The van der Waals surface area contributed by atoms with Crippen LogP contribution in [0.1, 0.15) is 42.0 Å². The minimum atomic E-state index is 0.406. The zero-order chi connectivity index (χ0) is 22.2. The van der Waals surface area contributed by atoms with Crippen LogP contribution in [-0.2, 0) is 6.54 Å². The van der Waals surface area contributed by atoms with E-state index in [4.69, 9.17) is 0 Å². The number of aromatic amines is 1. The molecule has 2 N–H and O–H groups in total. The molecule has 2 aliphatic rings. The molecule has 0 amide bonds. The summed E-state index contributed by atoms with van der Waals surface area (Å²) in [5.74, 6) is 2.37. The molecule has 4 heteroatoms. The van der Waals surface area contributed by atoms with E-state index in [0.29, 0.717) is 5.75 Å². The Kier molecular flexibility index (Phi) is 5.56. The van der Waals surface area contributed by atoms with E-state index in [1.54, 1.807) is 0 Å². The van der Waals surface area contributed by atoms with Crippen LogP contribution in [0.5, 0.6) is 5.75 Å². The highest BCUT2D eigenvalue weighted by Crippen LogP contribution is 2.39. The van der Waals surface area contributed by atoms with Crippen molar-refractivity contribution in [1.29, 1.82) is 0 Å². The highest BCUT2D eigenvalue weighted by Gasteiger charge is 2.23. The predicted molar refractivity (Wildman–Crippen MR) is 134 cm³/mol. The van der Waals surface area contributed by atoms with Gasteiger partial charge in [0, 0.05) is 43.0 Å². The summed E-state index contributed by atoms with van der Waals surface area (Å²) in [7, 11) is 2.12. The van der Waals surface area contributed by atoms with Gasteiger partial charge < -0.3 is 15.0 Å². The van der Waals surface area contributed by atoms with E-state index >= 15 is 0 Å². The van der Waals surface area contributed by atoms with Gasteiger partial charge in [0.25, 0.3) is 0 Å². The molecule has 0 saturated carbocycles. The summed E-state index contributed by atoms with van der Waals surface area (Å²) in [4.78, 5) is 8.19. The Morgan fingerprint density at radius 3 is 2.59 bits per heavy atom. The standard InChI is InChI=1S/C28H33N3O/c1-19-10-12-31(13-11-19)18-22-9-8-21(15-27(22)32)23-14-25-26(16-29-28(25)30(3)17-23)24-7-5-4-6-20(24)2/h4-9,14-16,19,29,32H,10-13,17-18H2,1-3H3. The molecule has 0 aliphatic carbocycles. The highest BCUT2D eigenvalue weighted by atomic mass is 16.3. The van der Waals surface area contributed by atoms with Gasteiger partial charge in [-0.05, 0) is 73.2 Å². The van der Waals surface area contributed by atoms with Gasteiger partial charge in [-0.3, -0.25) is 4.90 Å². The van der Waals surface area contributed by atoms with E-state index < -0.39 is 0 Å². The smallest absolute Gasteiger partial charge is 0.120 e. The van der Waals surface area contributed by atoms with Crippen LogP contribution in [0.2, 0.25) is 0 Å². The Morgan fingerprint density at radius 2 is 1.84 bits per heavy atom. The van der Waals surface area contributed by atoms with Gasteiger partial charge in [-0.15, -0.1) is 0 Å². The number of rotatable bonds is 4. The molecule has 2 aromatic carbocycles. The van der Waals surface area contributed by atoms with E-state index in [1.165, 1.54) is 40.7 Å². The molecule has 0 spiro atoms. The van der Waals surface area contributed by atoms with Crippen LogP contribution in [0, 0.1) is 12.8 Å². The number of aryl methyl sites for hydroxylation is 1. The lowest BCUT2D eigenvalue weighted by Crippen LogP contribution is -2.32. The summed E-state index contributed by atoms with van der Waals surface area (Å²) in [5.41, 5.74) is 8.31. The zero-order valence-electron chi connectivity index (χ0n) is 19.4. The second kappa shape index (κ2) is 8.51. The topological polar surface area (TPSA) is 42.5 Å². The van der Waals surface area contributed by atoms with Gasteiger partial charge in [-0.2, -0.15) is 0 Å². The Bertz CT molecular complexity index is 1150. The van der Waals surface area contributed by atoms with Crippen molar-refractivity contribution in [2.45, 2.75) is 33.2 Å². The highest BCUT2D eigenvalue weighted by molar-refractivity contribution is 5.96. The minimum absolute atomic E-state index is 0.406. The van der Waals surface area contributed by atoms with Crippen molar-refractivity contribution < 1.29 is 5.11 Å². The molecule has 0 bridgehead atoms. The Hall–Kier alpha value is -2.98. The number of H-pyrrole nitrogens is 1. The number of hydrogen-bond acceptors (Lipinski definition) is 3. The van der Waals surface area contributed by atoms with Gasteiger partial charge >= 0.3 is 0 Å². The molecule has 0 unspecified atom stereocenters. The first-order valence-corrected chi connectivity index (χ1v) is 11.7. The molecular formula is C28H33N3O. The number of anilines is 1. The van der Waals surface area contributed by atoms with Crippen LogP contribution in [0.3, 0.4) is 0 Å². The number of phenols is 1. The molecule has 5 rings (SSSR count). The van der Waals surface area contributed by atoms with Crippen molar-refractivity contribution in [3.63, 3.8) is 0 Å². The van der Waals surface area contributed by atoms with Gasteiger partial charge in [0.2, 0.25) is 0 Å². The van der Waals surface area contributed by atoms with E-state index in [2.05, 4.69) is 84.4 Å². The second-order valence-electron chi connectivity index (χ2n) is 9.61. The third-order valence-corrected chi connectivity index (χ3v) is 7.17. The summed E-state index contributed by atoms with van der Waals surface area (Å²) in [6.45, 7) is 8.37. The third-order valence-electron chi connectivity index (χ3n) is 7.17. The van der Waals surface area contributed by atoms with Gasteiger partial charge in [-0.1, -0.05) is 43.3 Å². The monoisotopic (exact) mass is 427 g/mol. The molecule has 4 nitrogen and oxygen atoms in total. The minimum Gasteiger partial charge on any atom is -0.508 e. The predicted octanol–water partition coefficient (Wildman–Crippen LogP) is 5.92. The molecule has 32 heavy (non-hydrogen) atoms. The molecular weight excluding hydrogens is 394 g/mol. The van der Waals surface area contributed by atoms with Crippen molar-refractivity contribution in [3.8, 4) is 16.9 Å². The molecule has 1 fully saturated rings. The molecule has 1 aromatic heterocycles. The Balaban J connectivity index is 1.44. The number of likely N-dealkylation sites (N-methyl/N-ethyl adjacent to an activating group) is 1. The number of nitrogens with one attached hydrogen (secondary N) is 1. The third kappa shape index (κ3) is 3.95. The first kappa shape index (κ1) is 20.9. The number of aromatic nitrogens is 1. The van der Waals surface area contributed by atoms with E-state index in [-0.39, 0.29) is 0 Å². The van der Waals surface area contributed by atoms with Crippen LogP contribution in [0.25, 0.3) is 22.8 Å². The molecule has 2 aliphatic heterocycles. The van der Waals surface area contributed by atoms with Crippen LogP contribution in [0.15, 0.2) is 48.7 Å². The largest absolute Gasteiger partial charge is 0.508 e. The van der Waals surface area contributed by atoms with Gasteiger partial charge in [0.1, 0.15) is 11.6 Å². The Morgan fingerprint density at radius 1 is 1.06 bits per heavy atom. The first-order valence-electron chi connectivity index (χ1n) is 11.7. The number of phenolic OH excluding ortho intramolecular Hbond substituents is 1. The quantitative estimate of drug-likeness (QED) is 0.543. The number of piperidine rings is 1. The molecule has 0 atom stereocenters. The van der Waals surface area contributed by atoms with Crippen LogP contribution in [0.4, 0.5) is 5.82 Å². The van der Waals surface area contributed by atoms with Gasteiger partial charge in [-0.25, -0.2) is 0 Å². The lowest BCUT2D eigenvalue weighted by Gasteiger charge is -2.30. The maximum absolute atomic E-state index is 10.8. The van der Waals surface area contributed by atoms with Gasteiger partial charge in [0.15, 0.2) is 0 Å². The fourth-order valence-corrected chi connectivity index (χ4v) is 5.07. The summed E-state index contributed by atoms with van der Waals surface area (Å²) in [6, 6.07) is 14.8. The summed E-state index contributed by atoms with van der Waals surface area (Å²) >= 11 is 0.